The van der Waals surface area contributed by atoms with Crippen LogP contribution in [0.2, 0.25) is 0 Å². The number of alkyl halides is 1. The molecule has 4 rings (SSSR count). The van der Waals surface area contributed by atoms with Crippen LogP contribution in [-0.2, 0) is 6.42 Å². The topological polar surface area (TPSA) is 9.23 Å². The van der Waals surface area contributed by atoms with E-state index in [9.17, 15) is 0 Å². The first-order valence-corrected chi connectivity index (χ1v) is 12.8. The molecule has 0 aliphatic heterocycles. The van der Waals surface area contributed by atoms with Crippen LogP contribution >= 0.6 is 11.6 Å². The smallest absolute Gasteiger partial charge is 0.346 e. The molecule has 0 bridgehead atoms. The SMILES string of the molecule is ClCCCc1ccccc1O[Si](c1ccccc1)(c1ccccc1)c1ccccc1. The summed E-state index contributed by atoms with van der Waals surface area (Å²) >= 11 is 5.99. The molecule has 30 heavy (non-hydrogen) atoms. The number of para-hydroxylation sites is 1. The highest BCUT2D eigenvalue weighted by molar-refractivity contribution is 7.07. The molecule has 1 nitrogen and oxygen atoms in total. The van der Waals surface area contributed by atoms with E-state index in [-0.39, 0.29) is 0 Å². The molecule has 0 saturated carbocycles. The zero-order valence-corrected chi connectivity index (χ0v) is 18.6. The maximum atomic E-state index is 7.18. The monoisotopic (exact) mass is 428 g/mol. The fourth-order valence-electron chi connectivity index (χ4n) is 3.93. The lowest BCUT2D eigenvalue weighted by Gasteiger charge is -2.34. The zero-order valence-electron chi connectivity index (χ0n) is 16.9. The molecule has 3 heteroatoms. The molecule has 0 aliphatic carbocycles. The van der Waals surface area contributed by atoms with Crippen LogP contribution in [0.15, 0.2) is 115 Å². The van der Waals surface area contributed by atoms with Crippen molar-refractivity contribution in [3.63, 3.8) is 0 Å². The van der Waals surface area contributed by atoms with Gasteiger partial charge in [-0.25, -0.2) is 0 Å². The fourth-order valence-corrected chi connectivity index (χ4v) is 7.93. The summed E-state index contributed by atoms with van der Waals surface area (Å²) < 4.78 is 7.18. The van der Waals surface area contributed by atoms with Crippen LogP contribution in [0.1, 0.15) is 12.0 Å². The molecule has 0 aliphatic rings. The lowest BCUT2D eigenvalue weighted by Crippen LogP contribution is -2.71. The minimum absolute atomic E-state index is 0.646. The molecular formula is C27H25ClOSi. The van der Waals surface area contributed by atoms with E-state index in [4.69, 9.17) is 16.0 Å². The minimum atomic E-state index is -2.77. The Bertz CT molecular complexity index is 955. The molecule has 0 N–H and O–H groups in total. The molecule has 0 aromatic heterocycles. The van der Waals surface area contributed by atoms with Gasteiger partial charge in [-0.2, -0.15) is 0 Å². The second kappa shape index (κ2) is 9.79. The quantitative estimate of drug-likeness (QED) is 0.220. The molecule has 4 aromatic carbocycles. The van der Waals surface area contributed by atoms with E-state index >= 15 is 0 Å². The van der Waals surface area contributed by atoms with Crippen molar-refractivity contribution >= 4 is 35.5 Å². The van der Waals surface area contributed by atoms with Crippen LogP contribution < -0.4 is 20.0 Å². The standard InChI is InChI=1S/C27H25ClOSi/c28-22-12-14-23-13-10-11-21-27(23)29-30(24-15-4-1-5-16-24,25-17-6-2-7-18-25)26-19-8-3-9-20-26/h1-11,13,15-21H,12,14,22H2. The normalized spacial score (nSPS) is 11.2. The van der Waals surface area contributed by atoms with E-state index in [2.05, 4.69) is 115 Å². The van der Waals surface area contributed by atoms with Gasteiger partial charge in [0, 0.05) is 5.88 Å². The molecule has 0 saturated heterocycles. The summed E-state index contributed by atoms with van der Waals surface area (Å²) in [6, 6.07) is 40.4. The van der Waals surface area contributed by atoms with Crippen LogP contribution in [0.5, 0.6) is 5.75 Å². The summed E-state index contributed by atoms with van der Waals surface area (Å²) in [5.74, 6) is 1.60. The zero-order chi connectivity index (χ0) is 20.7. The van der Waals surface area contributed by atoms with Gasteiger partial charge in [-0.1, -0.05) is 109 Å². The fraction of sp³-hybridized carbons (Fsp3) is 0.111. The second-order valence-corrected chi connectivity index (χ2v) is 11.0. The third-order valence-electron chi connectivity index (χ3n) is 5.36. The third-order valence-corrected chi connectivity index (χ3v) is 9.59. The molecular weight excluding hydrogens is 404 g/mol. The minimum Gasteiger partial charge on any atom is -0.530 e. The molecule has 0 atom stereocenters. The van der Waals surface area contributed by atoms with Crippen molar-refractivity contribution in [1.82, 2.24) is 0 Å². The van der Waals surface area contributed by atoms with Crippen molar-refractivity contribution in [3.8, 4) is 5.75 Å². The summed E-state index contributed by atoms with van der Waals surface area (Å²) in [4.78, 5) is 0. The number of halogens is 1. The average molecular weight is 429 g/mol. The van der Waals surface area contributed by atoms with Gasteiger partial charge < -0.3 is 4.43 Å². The van der Waals surface area contributed by atoms with E-state index in [0.29, 0.717) is 5.88 Å². The Hall–Kier alpha value is -2.81. The highest BCUT2D eigenvalue weighted by atomic mass is 35.5. The maximum absolute atomic E-state index is 7.18. The Morgan fingerprint density at radius 2 is 1.00 bits per heavy atom. The van der Waals surface area contributed by atoms with E-state index in [0.717, 1.165) is 18.6 Å². The van der Waals surface area contributed by atoms with Crippen LogP contribution in [0.25, 0.3) is 0 Å². The first-order valence-electron chi connectivity index (χ1n) is 10.3. The Kier molecular flexibility index (Phi) is 6.68. The largest absolute Gasteiger partial charge is 0.530 e. The van der Waals surface area contributed by atoms with Gasteiger partial charge in [-0.05, 0) is 40.0 Å². The molecule has 0 unspecified atom stereocenters. The van der Waals surface area contributed by atoms with Gasteiger partial charge in [0.2, 0.25) is 0 Å². The van der Waals surface area contributed by atoms with Gasteiger partial charge in [-0.3, -0.25) is 0 Å². The summed E-state index contributed by atoms with van der Waals surface area (Å²) in [7, 11) is -2.77. The van der Waals surface area contributed by atoms with Crippen molar-refractivity contribution in [3.05, 3.63) is 121 Å². The van der Waals surface area contributed by atoms with E-state index in [1.807, 2.05) is 0 Å². The number of hydrogen-bond donors (Lipinski definition) is 0. The van der Waals surface area contributed by atoms with Crippen molar-refractivity contribution < 1.29 is 4.43 Å². The molecule has 0 spiro atoms. The van der Waals surface area contributed by atoms with Gasteiger partial charge >= 0.3 is 8.32 Å². The highest BCUT2D eigenvalue weighted by Gasteiger charge is 2.44. The van der Waals surface area contributed by atoms with E-state index < -0.39 is 8.32 Å². The Balaban J connectivity index is 1.95. The van der Waals surface area contributed by atoms with E-state index in [1.165, 1.54) is 21.1 Å². The first kappa shape index (κ1) is 20.5. The van der Waals surface area contributed by atoms with Crippen LogP contribution in [-0.4, -0.2) is 14.2 Å². The van der Waals surface area contributed by atoms with Crippen molar-refractivity contribution in [1.29, 1.82) is 0 Å². The van der Waals surface area contributed by atoms with Crippen LogP contribution in [0.4, 0.5) is 0 Å². The summed E-state index contributed by atoms with van der Waals surface area (Å²) in [5, 5.41) is 3.69. The Morgan fingerprint density at radius 1 is 0.567 bits per heavy atom. The number of rotatable bonds is 8. The molecule has 4 aromatic rings. The predicted octanol–water partition coefficient (Wildman–Crippen LogP) is 4.90. The Morgan fingerprint density at radius 3 is 1.47 bits per heavy atom. The summed E-state index contributed by atoms with van der Waals surface area (Å²) in [6.07, 6.45) is 1.83. The lowest BCUT2D eigenvalue weighted by molar-refractivity contribution is 0.566. The van der Waals surface area contributed by atoms with Gasteiger partial charge in [0.1, 0.15) is 5.75 Å². The summed E-state index contributed by atoms with van der Waals surface area (Å²) in [6.45, 7) is 0. The number of aryl methyl sites for hydroxylation is 1. The molecule has 0 heterocycles. The first-order chi connectivity index (χ1) is 14.8. The Labute approximate surface area is 185 Å². The van der Waals surface area contributed by atoms with Gasteiger partial charge in [-0.15, -0.1) is 11.6 Å². The molecule has 150 valence electrons. The van der Waals surface area contributed by atoms with Crippen molar-refractivity contribution in [2.75, 3.05) is 5.88 Å². The average Bonchev–Trinajstić information content (AvgIpc) is 2.83. The summed E-state index contributed by atoms with van der Waals surface area (Å²) in [5.41, 5.74) is 1.21. The van der Waals surface area contributed by atoms with Crippen LogP contribution in [0.3, 0.4) is 0 Å². The molecule has 0 fully saturated rings. The molecule has 0 radical (unpaired) electrons. The van der Waals surface area contributed by atoms with Gasteiger partial charge in [0.05, 0.1) is 0 Å². The third kappa shape index (κ3) is 4.21. The maximum Gasteiger partial charge on any atom is 0.346 e. The van der Waals surface area contributed by atoms with Crippen molar-refractivity contribution in [2.45, 2.75) is 12.8 Å². The van der Waals surface area contributed by atoms with Gasteiger partial charge in [0.25, 0.3) is 0 Å². The van der Waals surface area contributed by atoms with E-state index in [1.54, 1.807) is 0 Å². The molecule has 0 amide bonds. The van der Waals surface area contributed by atoms with Crippen molar-refractivity contribution in [2.24, 2.45) is 0 Å². The van der Waals surface area contributed by atoms with Gasteiger partial charge in [0.15, 0.2) is 0 Å². The second-order valence-electron chi connectivity index (χ2n) is 7.28. The van der Waals surface area contributed by atoms with Crippen LogP contribution in [0, 0.1) is 0 Å². The highest BCUT2D eigenvalue weighted by Crippen LogP contribution is 2.24. The number of benzene rings is 4. The predicted molar refractivity (Wildman–Crippen MR) is 130 cm³/mol. The lowest BCUT2D eigenvalue weighted by atomic mass is 10.1. The number of hydrogen-bond acceptors (Lipinski definition) is 1.